The van der Waals surface area contributed by atoms with Crippen LogP contribution >= 0.6 is 0 Å². The molecule has 2 heterocycles. The van der Waals surface area contributed by atoms with Gasteiger partial charge in [-0.1, -0.05) is 24.3 Å². The van der Waals surface area contributed by atoms with Crippen LogP contribution in [0.4, 0.5) is 5.69 Å². The van der Waals surface area contributed by atoms with Gasteiger partial charge in [-0.25, -0.2) is 0 Å². The summed E-state index contributed by atoms with van der Waals surface area (Å²) in [4.78, 5) is 2.23. The molecule has 94 valence electrons. The largest absolute Gasteiger partial charge is 0.371 e. The highest BCUT2D eigenvalue weighted by Crippen LogP contribution is 2.23. The van der Waals surface area contributed by atoms with Gasteiger partial charge in [-0.3, -0.25) is 0 Å². The van der Waals surface area contributed by atoms with Crippen molar-refractivity contribution in [2.24, 2.45) is 0 Å². The monoisotopic (exact) mass is 242 g/mol. The number of morpholine rings is 1. The third-order valence-electron chi connectivity index (χ3n) is 3.34. The van der Waals surface area contributed by atoms with Gasteiger partial charge in [-0.2, -0.15) is 0 Å². The molecule has 0 aromatic heterocycles. The van der Waals surface area contributed by atoms with Gasteiger partial charge in [-0.15, -0.1) is 0 Å². The molecule has 0 saturated carbocycles. The van der Waals surface area contributed by atoms with E-state index >= 15 is 0 Å². The fourth-order valence-corrected chi connectivity index (χ4v) is 2.32. The molecule has 18 heavy (non-hydrogen) atoms. The number of hydrogen-bond donors (Lipinski definition) is 1. The highest BCUT2D eigenvalue weighted by Gasteiger charge is 2.15. The van der Waals surface area contributed by atoms with Crippen LogP contribution in [0.15, 0.2) is 48.7 Å². The summed E-state index contributed by atoms with van der Waals surface area (Å²) in [5, 5.41) is 3.36. The maximum Gasteiger partial charge on any atom is 0.0949 e. The quantitative estimate of drug-likeness (QED) is 0.860. The summed E-state index contributed by atoms with van der Waals surface area (Å²) < 4.78 is 5.75. The third-order valence-corrected chi connectivity index (χ3v) is 3.34. The van der Waals surface area contributed by atoms with Gasteiger partial charge in [0.1, 0.15) is 0 Å². The molecule has 1 saturated heterocycles. The standard InChI is InChI=1S/C15H18N2O/c1-2-9-17(10-3-1)14-6-4-13(5-7-14)15-12-16-8-11-18-15/h1-7,9,15-16H,8,10-12H2/t15-/m1/s1. The molecular weight excluding hydrogens is 224 g/mol. The summed E-state index contributed by atoms with van der Waals surface area (Å²) >= 11 is 0. The molecule has 1 aromatic rings. The van der Waals surface area contributed by atoms with E-state index in [9.17, 15) is 0 Å². The van der Waals surface area contributed by atoms with Gasteiger partial charge in [0.15, 0.2) is 0 Å². The van der Waals surface area contributed by atoms with E-state index < -0.39 is 0 Å². The molecule has 0 spiro atoms. The summed E-state index contributed by atoms with van der Waals surface area (Å²) in [6, 6.07) is 8.66. The molecule has 1 N–H and O–H groups in total. The number of anilines is 1. The van der Waals surface area contributed by atoms with Crippen LogP contribution in [0.1, 0.15) is 11.7 Å². The predicted octanol–water partition coefficient (Wildman–Crippen LogP) is 2.24. The molecule has 3 nitrogen and oxygen atoms in total. The maximum atomic E-state index is 5.75. The summed E-state index contributed by atoms with van der Waals surface area (Å²) in [5.74, 6) is 0. The fraction of sp³-hybridized carbons (Fsp3) is 0.333. The van der Waals surface area contributed by atoms with Crippen LogP contribution in [0.5, 0.6) is 0 Å². The van der Waals surface area contributed by atoms with E-state index in [4.69, 9.17) is 4.74 Å². The second-order valence-electron chi connectivity index (χ2n) is 4.58. The van der Waals surface area contributed by atoms with Gasteiger partial charge in [-0.05, 0) is 23.8 Å². The second-order valence-corrected chi connectivity index (χ2v) is 4.58. The molecular formula is C15H18N2O. The minimum absolute atomic E-state index is 0.199. The molecule has 3 heteroatoms. The first-order chi connectivity index (χ1) is 8.93. The van der Waals surface area contributed by atoms with Crippen molar-refractivity contribution in [1.29, 1.82) is 0 Å². The summed E-state index contributed by atoms with van der Waals surface area (Å²) in [7, 11) is 0. The lowest BCUT2D eigenvalue weighted by atomic mass is 10.1. The number of nitrogens with zero attached hydrogens (tertiary/aromatic N) is 1. The highest BCUT2D eigenvalue weighted by atomic mass is 16.5. The molecule has 2 aliphatic heterocycles. The summed E-state index contributed by atoms with van der Waals surface area (Å²) in [6.07, 6.45) is 8.60. The zero-order valence-corrected chi connectivity index (χ0v) is 10.4. The van der Waals surface area contributed by atoms with Crippen molar-refractivity contribution in [2.75, 3.05) is 31.1 Å². The van der Waals surface area contributed by atoms with E-state index in [1.807, 2.05) is 0 Å². The number of nitrogens with one attached hydrogen (secondary N) is 1. The molecule has 3 rings (SSSR count). The first kappa shape index (κ1) is 11.5. The van der Waals surface area contributed by atoms with E-state index in [0.717, 1.165) is 26.2 Å². The zero-order chi connectivity index (χ0) is 12.2. The van der Waals surface area contributed by atoms with Crippen LogP contribution in [0.25, 0.3) is 0 Å². The van der Waals surface area contributed by atoms with Crippen molar-refractivity contribution in [3.8, 4) is 0 Å². The zero-order valence-electron chi connectivity index (χ0n) is 10.4. The number of ether oxygens (including phenoxy) is 1. The Morgan fingerprint density at radius 2 is 2.06 bits per heavy atom. The Bertz CT molecular complexity index is 444. The van der Waals surface area contributed by atoms with Crippen LogP contribution in [0.2, 0.25) is 0 Å². The average molecular weight is 242 g/mol. The predicted molar refractivity (Wildman–Crippen MR) is 73.6 cm³/mol. The smallest absolute Gasteiger partial charge is 0.0949 e. The van der Waals surface area contributed by atoms with Gasteiger partial charge >= 0.3 is 0 Å². The van der Waals surface area contributed by atoms with Crippen LogP contribution in [-0.2, 0) is 4.74 Å². The lowest BCUT2D eigenvalue weighted by Gasteiger charge is -2.25. The molecule has 0 unspecified atom stereocenters. The van der Waals surface area contributed by atoms with Gasteiger partial charge < -0.3 is 15.0 Å². The van der Waals surface area contributed by atoms with E-state index in [1.165, 1.54) is 11.3 Å². The van der Waals surface area contributed by atoms with Crippen LogP contribution in [-0.4, -0.2) is 26.2 Å². The van der Waals surface area contributed by atoms with Crippen LogP contribution < -0.4 is 10.2 Å². The van der Waals surface area contributed by atoms with Crippen molar-refractivity contribution < 1.29 is 4.74 Å². The topological polar surface area (TPSA) is 24.5 Å². The molecule has 2 aliphatic rings. The SMILES string of the molecule is C1=CCN(c2ccc([C@H]3CNCCO3)cc2)C=C1. The van der Waals surface area contributed by atoms with Crippen LogP contribution in [0, 0.1) is 0 Å². The Hall–Kier alpha value is -1.58. The number of hydrogen-bond acceptors (Lipinski definition) is 3. The maximum absolute atomic E-state index is 5.75. The molecule has 0 amide bonds. The molecule has 0 radical (unpaired) electrons. The first-order valence-electron chi connectivity index (χ1n) is 6.46. The summed E-state index contributed by atoms with van der Waals surface area (Å²) in [6.45, 7) is 3.61. The molecule has 1 fully saturated rings. The van der Waals surface area contributed by atoms with E-state index in [1.54, 1.807) is 0 Å². The Morgan fingerprint density at radius 1 is 1.17 bits per heavy atom. The molecule has 0 aliphatic carbocycles. The number of rotatable bonds is 2. The van der Waals surface area contributed by atoms with Crippen molar-refractivity contribution in [3.63, 3.8) is 0 Å². The van der Waals surface area contributed by atoms with Gasteiger partial charge in [0.2, 0.25) is 0 Å². The minimum atomic E-state index is 0.199. The normalized spacial score (nSPS) is 23.3. The Labute approximate surface area is 108 Å². The molecule has 1 atom stereocenters. The van der Waals surface area contributed by atoms with Crippen LogP contribution in [0.3, 0.4) is 0 Å². The van der Waals surface area contributed by atoms with Gasteiger partial charge in [0, 0.05) is 31.5 Å². The lowest BCUT2D eigenvalue weighted by molar-refractivity contribution is 0.0277. The third kappa shape index (κ3) is 2.47. The fourth-order valence-electron chi connectivity index (χ4n) is 2.32. The Balaban J connectivity index is 1.72. The van der Waals surface area contributed by atoms with E-state index in [-0.39, 0.29) is 6.10 Å². The second kappa shape index (κ2) is 5.38. The molecule has 1 aromatic carbocycles. The number of benzene rings is 1. The van der Waals surface area contributed by atoms with E-state index in [0.29, 0.717) is 0 Å². The van der Waals surface area contributed by atoms with E-state index in [2.05, 4.69) is 58.9 Å². The van der Waals surface area contributed by atoms with Crippen molar-refractivity contribution in [3.05, 3.63) is 54.3 Å². The summed E-state index contributed by atoms with van der Waals surface area (Å²) in [5.41, 5.74) is 2.48. The average Bonchev–Trinajstić information content (AvgIpc) is 2.49. The lowest BCUT2D eigenvalue weighted by Crippen LogP contribution is -2.33. The van der Waals surface area contributed by atoms with Gasteiger partial charge in [0.25, 0.3) is 0 Å². The van der Waals surface area contributed by atoms with Crippen molar-refractivity contribution in [2.45, 2.75) is 6.10 Å². The van der Waals surface area contributed by atoms with Crippen molar-refractivity contribution >= 4 is 5.69 Å². The number of allylic oxidation sites excluding steroid dienone is 2. The Morgan fingerprint density at radius 3 is 2.72 bits per heavy atom. The molecule has 0 bridgehead atoms. The van der Waals surface area contributed by atoms with Gasteiger partial charge in [0.05, 0.1) is 12.7 Å². The minimum Gasteiger partial charge on any atom is -0.371 e. The highest BCUT2D eigenvalue weighted by molar-refractivity contribution is 5.52. The van der Waals surface area contributed by atoms with Crippen molar-refractivity contribution in [1.82, 2.24) is 5.32 Å². The Kier molecular flexibility index (Phi) is 3.44. The first-order valence-corrected chi connectivity index (χ1v) is 6.46.